The van der Waals surface area contributed by atoms with Gasteiger partial charge in [0.15, 0.2) is 0 Å². The molecule has 1 heterocycles. The smallest absolute Gasteiger partial charge is 0.0746 e. The van der Waals surface area contributed by atoms with Crippen molar-refractivity contribution < 1.29 is 4.74 Å². The fourth-order valence-electron chi connectivity index (χ4n) is 1.91. The van der Waals surface area contributed by atoms with Gasteiger partial charge in [0.2, 0.25) is 0 Å². The monoisotopic (exact) mass is 264 g/mol. The van der Waals surface area contributed by atoms with Crippen molar-refractivity contribution in [2.45, 2.75) is 11.9 Å². The van der Waals surface area contributed by atoms with Crippen LogP contribution in [0.4, 0.5) is 0 Å². The van der Waals surface area contributed by atoms with Crippen LogP contribution in [0.1, 0.15) is 5.56 Å². The van der Waals surface area contributed by atoms with Gasteiger partial charge >= 0.3 is 0 Å². The Balaban J connectivity index is 1.99. The Hall–Kier alpha value is -1.16. The topological polar surface area (TPSA) is 34.1 Å². The summed E-state index contributed by atoms with van der Waals surface area (Å²) in [6.45, 7) is 2.04. The minimum absolute atomic E-state index is 0.00191. The highest BCUT2D eigenvalue weighted by molar-refractivity contribution is 6.20. The molecule has 0 bridgehead atoms. The number of para-hydroxylation sites is 1. The van der Waals surface area contributed by atoms with Crippen molar-refractivity contribution in [3.63, 3.8) is 0 Å². The summed E-state index contributed by atoms with van der Waals surface area (Å²) >= 11 is 6.06. The molecule has 0 radical (unpaired) electrons. The van der Waals surface area contributed by atoms with Gasteiger partial charge in [-0.15, -0.1) is 11.6 Å². The van der Waals surface area contributed by atoms with E-state index in [9.17, 15) is 0 Å². The first-order chi connectivity index (χ1) is 8.81. The summed E-state index contributed by atoms with van der Waals surface area (Å²) < 4.78 is 4.99. The molecule has 0 aliphatic carbocycles. The molecule has 0 amide bonds. The van der Waals surface area contributed by atoms with E-state index in [-0.39, 0.29) is 5.38 Å². The van der Waals surface area contributed by atoms with Crippen LogP contribution < -0.4 is 5.32 Å². The molecule has 1 unspecified atom stereocenters. The lowest BCUT2D eigenvalue weighted by Crippen LogP contribution is -2.26. The van der Waals surface area contributed by atoms with Crippen molar-refractivity contribution in [1.82, 2.24) is 10.3 Å². The number of halogens is 1. The Morgan fingerprint density at radius 2 is 2.17 bits per heavy atom. The Labute approximate surface area is 112 Å². The third kappa shape index (κ3) is 3.42. The molecular formula is C14H17ClN2O. The zero-order chi connectivity index (χ0) is 12.8. The van der Waals surface area contributed by atoms with Crippen molar-refractivity contribution in [3.8, 4) is 0 Å². The highest BCUT2D eigenvalue weighted by atomic mass is 35.5. The van der Waals surface area contributed by atoms with Crippen LogP contribution in [0.15, 0.2) is 36.5 Å². The maximum absolute atomic E-state index is 6.06. The number of hydrogen-bond donors (Lipinski definition) is 1. The van der Waals surface area contributed by atoms with Crippen molar-refractivity contribution in [2.24, 2.45) is 0 Å². The quantitative estimate of drug-likeness (QED) is 0.815. The summed E-state index contributed by atoms with van der Waals surface area (Å²) in [4.78, 5) is 4.42. The van der Waals surface area contributed by atoms with Gasteiger partial charge in [0.25, 0.3) is 0 Å². The second kappa shape index (κ2) is 6.69. The summed E-state index contributed by atoms with van der Waals surface area (Å²) in [6.07, 6.45) is 1.82. The highest BCUT2D eigenvalue weighted by Crippen LogP contribution is 2.15. The number of benzene rings is 1. The average Bonchev–Trinajstić information content (AvgIpc) is 2.39. The van der Waals surface area contributed by atoms with Crippen molar-refractivity contribution in [3.05, 3.63) is 42.1 Å². The SMILES string of the molecule is COCC(Cl)CNCc1cccc2cccnc12. The van der Waals surface area contributed by atoms with Crippen LogP contribution in [0.3, 0.4) is 0 Å². The number of alkyl halides is 1. The molecule has 0 saturated heterocycles. The molecule has 0 saturated carbocycles. The van der Waals surface area contributed by atoms with Gasteiger partial charge in [0.1, 0.15) is 0 Å². The summed E-state index contributed by atoms with van der Waals surface area (Å²) in [7, 11) is 1.66. The molecule has 4 heteroatoms. The Morgan fingerprint density at radius 3 is 3.00 bits per heavy atom. The number of aromatic nitrogens is 1. The van der Waals surface area contributed by atoms with Crippen molar-refractivity contribution >= 4 is 22.5 Å². The third-order valence-electron chi connectivity index (χ3n) is 2.75. The molecule has 0 spiro atoms. The molecule has 2 rings (SSSR count). The molecular weight excluding hydrogens is 248 g/mol. The van der Waals surface area contributed by atoms with E-state index in [1.54, 1.807) is 7.11 Å². The first-order valence-corrected chi connectivity index (χ1v) is 6.41. The number of hydrogen-bond acceptors (Lipinski definition) is 3. The summed E-state index contributed by atoms with van der Waals surface area (Å²) in [5, 5.41) is 4.49. The van der Waals surface area contributed by atoms with E-state index in [0.717, 1.165) is 24.0 Å². The maximum atomic E-state index is 6.06. The van der Waals surface area contributed by atoms with Crippen LogP contribution >= 0.6 is 11.6 Å². The number of nitrogens with zero attached hydrogens (tertiary/aromatic N) is 1. The van der Waals surface area contributed by atoms with Gasteiger partial charge in [0, 0.05) is 31.8 Å². The largest absolute Gasteiger partial charge is 0.383 e. The Kier molecular flexibility index (Phi) is 4.93. The average molecular weight is 265 g/mol. The van der Waals surface area contributed by atoms with Gasteiger partial charge in [-0.3, -0.25) is 4.98 Å². The predicted octanol–water partition coefficient (Wildman–Crippen LogP) is 2.58. The number of nitrogens with one attached hydrogen (secondary N) is 1. The summed E-state index contributed by atoms with van der Waals surface area (Å²) in [6, 6.07) is 10.2. The minimum Gasteiger partial charge on any atom is -0.383 e. The van der Waals surface area contributed by atoms with Crippen LogP contribution in [-0.4, -0.2) is 30.6 Å². The van der Waals surface area contributed by atoms with Crippen LogP contribution in [-0.2, 0) is 11.3 Å². The van der Waals surface area contributed by atoms with E-state index in [2.05, 4.69) is 28.5 Å². The molecule has 0 fully saturated rings. The van der Waals surface area contributed by atoms with Crippen molar-refractivity contribution in [2.75, 3.05) is 20.3 Å². The number of methoxy groups -OCH3 is 1. The predicted molar refractivity (Wildman–Crippen MR) is 75.0 cm³/mol. The van der Waals surface area contributed by atoms with Gasteiger partial charge in [0.05, 0.1) is 17.5 Å². The molecule has 96 valence electrons. The lowest BCUT2D eigenvalue weighted by molar-refractivity contribution is 0.197. The first-order valence-electron chi connectivity index (χ1n) is 5.97. The number of ether oxygens (including phenoxy) is 1. The van der Waals surface area contributed by atoms with Crippen LogP contribution in [0.25, 0.3) is 10.9 Å². The fraction of sp³-hybridized carbons (Fsp3) is 0.357. The second-order valence-electron chi connectivity index (χ2n) is 4.18. The van der Waals surface area contributed by atoms with E-state index in [0.29, 0.717) is 6.61 Å². The van der Waals surface area contributed by atoms with E-state index in [4.69, 9.17) is 16.3 Å². The molecule has 1 aromatic heterocycles. The first kappa shape index (κ1) is 13.3. The molecule has 0 aliphatic heterocycles. The van der Waals surface area contributed by atoms with E-state index in [1.165, 1.54) is 5.56 Å². The Bertz CT molecular complexity index is 499. The van der Waals surface area contributed by atoms with E-state index >= 15 is 0 Å². The zero-order valence-electron chi connectivity index (χ0n) is 10.4. The molecule has 18 heavy (non-hydrogen) atoms. The number of rotatable bonds is 6. The summed E-state index contributed by atoms with van der Waals surface area (Å²) in [5.41, 5.74) is 2.24. The van der Waals surface area contributed by atoms with Crippen LogP contribution in [0.2, 0.25) is 0 Å². The second-order valence-corrected chi connectivity index (χ2v) is 4.79. The minimum atomic E-state index is -0.00191. The summed E-state index contributed by atoms with van der Waals surface area (Å²) in [5.74, 6) is 0. The highest BCUT2D eigenvalue weighted by Gasteiger charge is 2.05. The van der Waals surface area contributed by atoms with Crippen LogP contribution in [0, 0.1) is 0 Å². The van der Waals surface area contributed by atoms with E-state index in [1.807, 2.05) is 18.3 Å². The van der Waals surface area contributed by atoms with Gasteiger partial charge < -0.3 is 10.1 Å². The van der Waals surface area contributed by atoms with Gasteiger partial charge in [-0.1, -0.05) is 24.3 Å². The standard InChI is InChI=1S/C14H17ClN2O/c1-18-10-13(15)9-16-8-12-5-2-4-11-6-3-7-17-14(11)12/h2-7,13,16H,8-10H2,1H3. The normalized spacial score (nSPS) is 12.8. The zero-order valence-corrected chi connectivity index (χ0v) is 11.2. The fourth-order valence-corrected chi connectivity index (χ4v) is 2.15. The van der Waals surface area contributed by atoms with Gasteiger partial charge in [-0.25, -0.2) is 0 Å². The molecule has 2 aromatic rings. The Morgan fingerprint density at radius 1 is 1.33 bits per heavy atom. The number of pyridine rings is 1. The molecule has 3 nitrogen and oxygen atoms in total. The molecule has 0 aliphatic rings. The molecule has 1 atom stereocenters. The lowest BCUT2D eigenvalue weighted by Gasteiger charge is -2.10. The lowest BCUT2D eigenvalue weighted by atomic mass is 10.1. The van der Waals surface area contributed by atoms with Crippen molar-refractivity contribution in [1.29, 1.82) is 0 Å². The molecule has 1 N–H and O–H groups in total. The van der Waals surface area contributed by atoms with E-state index < -0.39 is 0 Å². The number of fused-ring (bicyclic) bond motifs is 1. The third-order valence-corrected chi connectivity index (χ3v) is 3.03. The molecule has 1 aromatic carbocycles. The van der Waals surface area contributed by atoms with Gasteiger partial charge in [-0.05, 0) is 11.6 Å². The van der Waals surface area contributed by atoms with Crippen LogP contribution in [0.5, 0.6) is 0 Å². The van der Waals surface area contributed by atoms with Gasteiger partial charge in [-0.2, -0.15) is 0 Å². The maximum Gasteiger partial charge on any atom is 0.0746 e.